The van der Waals surface area contributed by atoms with Crippen molar-refractivity contribution in [3.05, 3.63) is 70.3 Å². The van der Waals surface area contributed by atoms with Gasteiger partial charge >= 0.3 is 6.09 Å². The number of fused-ring (bicyclic) bond motifs is 1. The summed E-state index contributed by atoms with van der Waals surface area (Å²) in [6.45, 7) is 1.27. The summed E-state index contributed by atoms with van der Waals surface area (Å²) < 4.78 is 24.0. The van der Waals surface area contributed by atoms with Crippen LogP contribution in [0.15, 0.2) is 53.3 Å². The summed E-state index contributed by atoms with van der Waals surface area (Å²) in [6, 6.07) is 14.4. The molecule has 6 rings (SSSR count). The lowest BCUT2D eigenvalue weighted by Crippen LogP contribution is -2.43. The maximum atomic E-state index is 14.0. The van der Waals surface area contributed by atoms with Crippen LogP contribution in [0.2, 0.25) is 0 Å². The zero-order valence-corrected chi connectivity index (χ0v) is 23.3. The van der Waals surface area contributed by atoms with Crippen LogP contribution in [0.3, 0.4) is 0 Å². The number of ether oxygens (including phenoxy) is 4. The van der Waals surface area contributed by atoms with E-state index in [1.807, 2.05) is 18.2 Å². The maximum absolute atomic E-state index is 14.0. The van der Waals surface area contributed by atoms with Gasteiger partial charge in [0.25, 0.3) is 5.56 Å². The second-order valence-corrected chi connectivity index (χ2v) is 10.6. The Hall–Kier alpha value is -4.16. The van der Waals surface area contributed by atoms with Gasteiger partial charge in [0.05, 0.1) is 20.8 Å². The molecule has 0 radical (unpaired) electrons. The minimum atomic E-state index is -0.629. The highest BCUT2D eigenvalue weighted by molar-refractivity contribution is 7.21. The molecule has 11 nitrogen and oxygen atoms in total. The van der Waals surface area contributed by atoms with Gasteiger partial charge < -0.3 is 18.9 Å². The predicted octanol–water partition coefficient (Wildman–Crippen LogP) is 4.18. The van der Waals surface area contributed by atoms with E-state index in [0.717, 1.165) is 24.8 Å². The van der Waals surface area contributed by atoms with Gasteiger partial charge in [-0.05, 0) is 43.5 Å². The standard InChI is InChI=1S/C28H29N5O6S/c1-36-20-11-10-18(21(16-20)37-2)17-31-24(34)22-23(30-25(31)28(38-3)12-13-28)40-26(29-22)32-14-7-15-33(32)27(35)39-19-8-5-4-6-9-19/h4-6,8-11,16H,7,12-15,17H2,1-3H3. The molecule has 2 aromatic carbocycles. The van der Waals surface area contributed by atoms with Gasteiger partial charge in [-0.2, -0.15) is 0 Å². The van der Waals surface area contributed by atoms with E-state index < -0.39 is 11.7 Å². The lowest BCUT2D eigenvalue weighted by molar-refractivity contribution is 0.0672. The lowest BCUT2D eigenvalue weighted by atomic mass is 10.1. The number of anilines is 1. The summed E-state index contributed by atoms with van der Waals surface area (Å²) in [5.41, 5.74) is 0.133. The second-order valence-electron chi connectivity index (χ2n) is 9.63. The fraction of sp³-hybridized carbons (Fsp3) is 0.357. The molecular formula is C28H29N5O6S. The third-order valence-corrected chi connectivity index (χ3v) is 8.21. The molecule has 12 heteroatoms. The first-order chi connectivity index (χ1) is 19.5. The smallest absolute Gasteiger partial charge is 0.434 e. The number of amides is 1. The molecule has 1 aliphatic heterocycles. The molecule has 1 amide bonds. The Morgan fingerprint density at radius 3 is 2.50 bits per heavy atom. The first kappa shape index (κ1) is 26.1. The van der Waals surface area contributed by atoms with E-state index in [0.29, 0.717) is 46.1 Å². The number of rotatable bonds is 8. The van der Waals surface area contributed by atoms with Crippen LogP contribution in [0.4, 0.5) is 9.93 Å². The average Bonchev–Trinajstić information content (AvgIpc) is 3.40. The van der Waals surface area contributed by atoms with Crippen molar-refractivity contribution in [1.82, 2.24) is 19.5 Å². The van der Waals surface area contributed by atoms with Crippen LogP contribution in [0.1, 0.15) is 30.7 Å². The Morgan fingerprint density at radius 2 is 1.80 bits per heavy atom. The highest BCUT2D eigenvalue weighted by atomic mass is 32.1. The van der Waals surface area contributed by atoms with E-state index in [2.05, 4.69) is 4.98 Å². The summed E-state index contributed by atoms with van der Waals surface area (Å²) >= 11 is 1.28. The average molecular weight is 564 g/mol. The molecule has 4 aromatic rings. The van der Waals surface area contributed by atoms with Crippen molar-refractivity contribution in [1.29, 1.82) is 0 Å². The highest BCUT2D eigenvalue weighted by Gasteiger charge is 2.49. The van der Waals surface area contributed by atoms with E-state index in [9.17, 15) is 9.59 Å². The number of aromatic nitrogens is 3. The van der Waals surface area contributed by atoms with E-state index in [4.69, 9.17) is 23.9 Å². The van der Waals surface area contributed by atoms with Crippen LogP contribution in [-0.2, 0) is 16.9 Å². The molecule has 3 heterocycles. The molecule has 1 aliphatic carbocycles. The Labute approximate surface area is 234 Å². The summed E-state index contributed by atoms with van der Waals surface area (Å²) in [4.78, 5) is 37.1. The minimum absolute atomic E-state index is 0.224. The number of hydrogen-bond donors (Lipinski definition) is 0. The van der Waals surface area contributed by atoms with Gasteiger partial charge in [0, 0.05) is 31.8 Å². The first-order valence-electron chi connectivity index (χ1n) is 13.0. The van der Waals surface area contributed by atoms with E-state index >= 15 is 0 Å². The predicted molar refractivity (Wildman–Crippen MR) is 149 cm³/mol. The Balaban J connectivity index is 1.38. The number of methoxy groups -OCH3 is 3. The van der Waals surface area contributed by atoms with Crippen molar-refractivity contribution in [2.24, 2.45) is 0 Å². The maximum Gasteiger partial charge on any atom is 0.434 e. The molecule has 1 saturated carbocycles. The van der Waals surface area contributed by atoms with Crippen LogP contribution in [-0.4, -0.2) is 60.1 Å². The summed E-state index contributed by atoms with van der Waals surface area (Å²) in [5, 5.41) is 3.79. The molecule has 0 spiro atoms. The normalized spacial score (nSPS) is 15.9. The third-order valence-electron chi connectivity index (χ3n) is 7.25. The number of benzene rings is 2. The quantitative estimate of drug-likeness (QED) is 0.312. The second kappa shape index (κ2) is 10.4. The zero-order chi connectivity index (χ0) is 27.9. The number of hydrogen-bond acceptors (Lipinski definition) is 10. The molecule has 0 N–H and O–H groups in total. The number of para-hydroxylation sites is 1. The molecule has 0 atom stereocenters. The van der Waals surface area contributed by atoms with Gasteiger partial charge in [-0.15, -0.1) is 0 Å². The van der Waals surface area contributed by atoms with Crippen molar-refractivity contribution in [3.63, 3.8) is 0 Å². The number of thiazole rings is 1. The molecule has 40 heavy (non-hydrogen) atoms. The minimum Gasteiger partial charge on any atom is -0.497 e. The largest absolute Gasteiger partial charge is 0.497 e. The van der Waals surface area contributed by atoms with Crippen molar-refractivity contribution in [2.45, 2.75) is 31.4 Å². The Bertz CT molecular complexity index is 1620. The summed E-state index contributed by atoms with van der Waals surface area (Å²) in [5.74, 6) is 2.27. The lowest BCUT2D eigenvalue weighted by Gasteiger charge is -2.26. The highest BCUT2D eigenvalue weighted by Crippen LogP contribution is 2.48. The molecule has 0 unspecified atom stereocenters. The van der Waals surface area contributed by atoms with Crippen molar-refractivity contribution in [3.8, 4) is 17.2 Å². The van der Waals surface area contributed by atoms with Gasteiger partial charge in [0.1, 0.15) is 28.7 Å². The van der Waals surface area contributed by atoms with Crippen LogP contribution >= 0.6 is 11.3 Å². The van der Waals surface area contributed by atoms with Gasteiger partial charge in [0.2, 0.25) is 5.13 Å². The first-order valence-corrected chi connectivity index (χ1v) is 13.8. The molecular weight excluding hydrogens is 534 g/mol. The van der Waals surface area contributed by atoms with E-state index in [1.54, 1.807) is 61.2 Å². The monoisotopic (exact) mass is 563 g/mol. The van der Waals surface area contributed by atoms with Crippen molar-refractivity contribution >= 4 is 32.9 Å². The molecule has 2 aliphatic rings. The van der Waals surface area contributed by atoms with Gasteiger partial charge in [0.15, 0.2) is 10.3 Å². The number of hydrazine groups is 1. The molecule has 208 valence electrons. The van der Waals surface area contributed by atoms with Gasteiger partial charge in [-0.1, -0.05) is 29.5 Å². The van der Waals surface area contributed by atoms with Crippen LogP contribution in [0, 0.1) is 0 Å². The van der Waals surface area contributed by atoms with Crippen LogP contribution < -0.4 is 24.8 Å². The van der Waals surface area contributed by atoms with Gasteiger partial charge in [-0.25, -0.2) is 19.8 Å². The molecule has 2 fully saturated rings. The van der Waals surface area contributed by atoms with Crippen LogP contribution in [0.25, 0.3) is 10.3 Å². The summed E-state index contributed by atoms with van der Waals surface area (Å²) in [7, 11) is 4.81. The molecule has 1 saturated heterocycles. The summed E-state index contributed by atoms with van der Waals surface area (Å²) in [6.07, 6.45) is 1.76. The number of nitrogens with zero attached hydrogens (tertiary/aromatic N) is 5. The fourth-order valence-electron chi connectivity index (χ4n) is 4.93. The van der Waals surface area contributed by atoms with Gasteiger partial charge in [-0.3, -0.25) is 14.4 Å². The molecule has 0 bridgehead atoms. The zero-order valence-electron chi connectivity index (χ0n) is 22.5. The molecule has 2 aromatic heterocycles. The topological polar surface area (TPSA) is 108 Å². The van der Waals surface area contributed by atoms with Crippen molar-refractivity contribution in [2.75, 3.05) is 39.4 Å². The third kappa shape index (κ3) is 4.62. The van der Waals surface area contributed by atoms with E-state index in [-0.39, 0.29) is 17.6 Å². The number of carbonyl (C=O) groups is 1. The van der Waals surface area contributed by atoms with Crippen LogP contribution in [0.5, 0.6) is 17.2 Å². The van der Waals surface area contributed by atoms with E-state index in [1.165, 1.54) is 16.3 Å². The van der Waals surface area contributed by atoms with Crippen molar-refractivity contribution < 1.29 is 23.7 Å². The SMILES string of the molecule is COc1ccc(Cn2c(C3(OC)CC3)nc3sc(N4CCCN4C(=O)Oc4ccccc4)nc3c2=O)c(OC)c1. The Morgan fingerprint density at radius 1 is 1.00 bits per heavy atom. The number of carbonyl (C=O) groups excluding carboxylic acids is 1. The Kier molecular flexibility index (Phi) is 6.80. The fourth-order valence-corrected chi connectivity index (χ4v) is 5.90.